The monoisotopic (exact) mass is 169 g/mol. The summed E-state index contributed by atoms with van der Waals surface area (Å²) in [6.07, 6.45) is 1.12. The maximum Gasteiger partial charge on any atom is 0.107 e. The second-order valence-electron chi connectivity index (χ2n) is 2.61. The zero-order valence-corrected chi connectivity index (χ0v) is 7.08. The minimum atomic E-state index is 0.581. The number of nitrogens with two attached hydrogens (primary N) is 1. The molecule has 1 aliphatic heterocycles. The third kappa shape index (κ3) is 1.29. The Morgan fingerprint density at radius 2 is 2.55 bits per heavy atom. The van der Waals surface area contributed by atoms with Crippen LogP contribution in [0.3, 0.4) is 0 Å². The molecule has 60 valence electrons. The molecule has 0 bridgehead atoms. The predicted molar refractivity (Wildman–Crippen MR) is 45.4 cm³/mol. The quantitative estimate of drug-likeness (QED) is 0.633. The molecular formula is C7H11N3S. The molecule has 0 saturated carbocycles. The minimum absolute atomic E-state index is 0.581. The van der Waals surface area contributed by atoms with Crippen LogP contribution in [0, 0.1) is 0 Å². The van der Waals surface area contributed by atoms with E-state index in [2.05, 4.69) is 10.3 Å². The van der Waals surface area contributed by atoms with Crippen molar-refractivity contribution in [1.29, 1.82) is 0 Å². The van der Waals surface area contributed by atoms with Gasteiger partial charge in [0.1, 0.15) is 5.01 Å². The molecule has 1 aromatic heterocycles. The van der Waals surface area contributed by atoms with Crippen LogP contribution in [-0.2, 0) is 19.5 Å². The molecule has 0 aliphatic carbocycles. The van der Waals surface area contributed by atoms with Crippen molar-refractivity contribution in [1.82, 2.24) is 10.3 Å². The first-order valence-electron chi connectivity index (χ1n) is 3.78. The third-order valence-corrected chi connectivity index (χ3v) is 3.00. The van der Waals surface area contributed by atoms with E-state index in [1.807, 2.05) is 0 Å². The smallest absolute Gasteiger partial charge is 0.107 e. The fraction of sp³-hybridized carbons (Fsp3) is 0.571. The highest BCUT2D eigenvalue weighted by Crippen LogP contribution is 2.20. The predicted octanol–water partition coefficient (Wildman–Crippen LogP) is 0.247. The van der Waals surface area contributed by atoms with E-state index in [0.29, 0.717) is 6.54 Å². The normalized spacial score (nSPS) is 16.5. The van der Waals surface area contributed by atoms with E-state index in [9.17, 15) is 0 Å². The summed E-state index contributed by atoms with van der Waals surface area (Å²) in [6, 6.07) is 0. The van der Waals surface area contributed by atoms with E-state index < -0.39 is 0 Å². The number of thiazole rings is 1. The van der Waals surface area contributed by atoms with E-state index >= 15 is 0 Å². The average Bonchev–Trinajstić information content (AvgIpc) is 2.46. The summed E-state index contributed by atoms with van der Waals surface area (Å²) >= 11 is 1.76. The Balaban J connectivity index is 2.32. The molecule has 3 N–H and O–H groups in total. The molecule has 0 spiro atoms. The Hall–Kier alpha value is -0.450. The van der Waals surface area contributed by atoms with Gasteiger partial charge in [-0.1, -0.05) is 0 Å². The van der Waals surface area contributed by atoms with Crippen molar-refractivity contribution in [3.63, 3.8) is 0 Å². The van der Waals surface area contributed by atoms with Gasteiger partial charge in [-0.25, -0.2) is 4.98 Å². The van der Waals surface area contributed by atoms with Crippen molar-refractivity contribution >= 4 is 11.3 Å². The number of hydrogen-bond donors (Lipinski definition) is 2. The van der Waals surface area contributed by atoms with Crippen molar-refractivity contribution in [3.05, 3.63) is 15.6 Å². The van der Waals surface area contributed by atoms with Crippen molar-refractivity contribution in [2.45, 2.75) is 19.5 Å². The van der Waals surface area contributed by atoms with Gasteiger partial charge in [-0.3, -0.25) is 0 Å². The van der Waals surface area contributed by atoms with Crippen molar-refractivity contribution in [2.24, 2.45) is 5.73 Å². The van der Waals surface area contributed by atoms with Crippen LogP contribution in [0.4, 0.5) is 0 Å². The number of nitrogens with zero attached hydrogens (tertiary/aromatic N) is 1. The van der Waals surface area contributed by atoms with Gasteiger partial charge in [0.2, 0.25) is 0 Å². The molecule has 0 amide bonds. The van der Waals surface area contributed by atoms with Gasteiger partial charge in [-0.2, -0.15) is 0 Å². The first-order valence-corrected chi connectivity index (χ1v) is 4.60. The molecule has 4 heteroatoms. The van der Waals surface area contributed by atoms with Gasteiger partial charge in [0.15, 0.2) is 0 Å². The highest BCUT2D eigenvalue weighted by Gasteiger charge is 2.13. The minimum Gasteiger partial charge on any atom is -0.325 e. The number of aromatic nitrogens is 1. The molecular weight excluding hydrogens is 158 g/mol. The Morgan fingerprint density at radius 1 is 1.64 bits per heavy atom. The van der Waals surface area contributed by atoms with E-state index in [-0.39, 0.29) is 0 Å². The maximum atomic E-state index is 5.49. The van der Waals surface area contributed by atoms with Gasteiger partial charge < -0.3 is 11.1 Å². The largest absolute Gasteiger partial charge is 0.325 e. The fourth-order valence-electron chi connectivity index (χ4n) is 1.27. The lowest BCUT2D eigenvalue weighted by Gasteiger charge is -2.09. The molecule has 11 heavy (non-hydrogen) atoms. The first kappa shape index (κ1) is 7.21. The standard InChI is InChI=1S/C7H11N3S/c8-3-7-10-5-4-9-2-1-6(5)11-7/h9H,1-4,8H2. The Bertz CT molecular complexity index is 233. The lowest BCUT2D eigenvalue weighted by Crippen LogP contribution is -2.22. The molecule has 1 aliphatic rings. The maximum absolute atomic E-state index is 5.49. The third-order valence-electron chi connectivity index (χ3n) is 1.82. The molecule has 0 atom stereocenters. The zero-order valence-electron chi connectivity index (χ0n) is 6.26. The number of hydrogen-bond acceptors (Lipinski definition) is 4. The topological polar surface area (TPSA) is 50.9 Å². The molecule has 3 nitrogen and oxygen atoms in total. The van der Waals surface area contributed by atoms with E-state index in [1.165, 1.54) is 10.6 Å². The van der Waals surface area contributed by atoms with Gasteiger partial charge in [-0.05, 0) is 6.42 Å². The van der Waals surface area contributed by atoms with Crippen LogP contribution in [0.25, 0.3) is 0 Å². The SMILES string of the molecule is NCc1nc2c(s1)CCNC2. The summed E-state index contributed by atoms with van der Waals surface area (Å²) in [7, 11) is 0. The summed E-state index contributed by atoms with van der Waals surface area (Å²) < 4.78 is 0. The van der Waals surface area contributed by atoms with Crippen LogP contribution < -0.4 is 11.1 Å². The molecule has 1 aromatic rings. The van der Waals surface area contributed by atoms with E-state index in [1.54, 1.807) is 11.3 Å². The van der Waals surface area contributed by atoms with Crippen molar-refractivity contribution in [2.75, 3.05) is 6.54 Å². The van der Waals surface area contributed by atoms with Crippen LogP contribution in [0.15, 0.2) is 0 Å². The summed E-state index contributed by atoms with van der Waals surface area (Å²) in [6.45, 7) is 2.59. The van der Waals surface area contributed by atoms with Crippen LogP contribution in [-0.4, -0.2) is 11.5 Å². The molecule has 0 aromatic carbocycles. The highest BCUT2D eigenvalue weighted by atomic mass is 32.1. The Labute approximate surface area is 69.6 Å². The molecule has 0 saturated heterocycles. The van der Waals surface area contributed by atoms with Crippen LogP contribution in [0.1, 0.15) is 15.6 Å². The lowest BCUT2D eigenvalue weighted by atomic mass is 10.2. The first-order chi connectivity index (χ1) is 5.40. The summed E-state index contributed by atoms with van der Waals surface area (Å²) in [5, 5.41) is 4.35. The van der Waals surface area contributed by atoms with Crippen molar-refractivity contribution in [3.8, 4) is 0 Å². The van der Waals surface area contributed by atoms with E-state index in [0.717, 1.165) is 24.5 Å². The summed E-state index contributed by atoms with van der Waals surface area (Å²) in [5.74, 6) is 0. The van der Waals surface area contributed by atoms with Gasteiger partial charge in [-0.15, -0.1) is 11.3 Å². The lowest BCUT2D eigenvalue weighted by molar-refractivity contribution is 0.637. The number of fused-ring (bicyclic) bond motifs is 1. The van der Waals surface area contributed by atoms with Gasteiger partial charge in [0, 0.05) is 24.5 Å². The number of nitrogens with one attached hydrogen (secondary N) is 1. The van der Waals surface area contributed by atoms with Crippen LogP contribution in [0.5, 0.6) is 0 Å². The summed E-state index contributed by atoms with van der Waals surface area (Å²) in [5.41, 5.74) is 6.70. The van der Waals surface area contributed by atoms with Gasteiger partial charge >= 0.3 is 0 Å². The fourth-order valence-corrected chi connectivity index (χ4v) is 2.23. The molecule has 2 heterocycles. The zero-order chi connectivity index (χ0) is 7.68. The van der Waals surface area contributed by atoms with Crippen molar-refractivity contribution < 1.29 is 0 Å². The van der Waals surface area contributed by atoms with E-state index in [4.69, 9.17) is 5.73 Å². The average molecular weight is 169 g/mol. The second kappa shape index (κ2) is 2.89. The second-order valence-corrected chi connectivity index (χ2v) is 3.78. The molecule has 0 unspecified atom stereocenters. The van der Waals surface area contributed by atoms with Crippen LogP contribution in [0.2, 0.25) is 0 Å². The Kier molecular flexibility index (Phi) is 1.89. The molecule has 0 radical (unpaired) electrons. The van der Waals surface area contributed by atoms with Gasteiger partial charge in [0.25, 0.3) is 0 Å². The van der Waals surface area contributed by atoms with Crippen LogP contribution >= 0.6 is 11.3 Å². The number of rotatable bonds is 1. The Morgan fingerprint density at radius 3 is 3.27 bits per heavy atom. The van der Waals surface area contributed by atoms with Gasteiger partial charge in [0.05, 0.1) is 5.69 Å². The molecule has 2 rings (SSSR count). The highest BCUT2D eigenvalue weighted by molar-refractivity contribution is 7.11. The molecule has 0 fully saturated rings. The summed E-state index contributed by atoms with van der Waals surface area (Å²) in [4.78, 5) is 5.82.